The fourth-order valence-electron chi connectivity index (χ4n) is 2.53. The highest BCUT2D eigenvalue weighted by Crippen LogP contribution is 2.25. The number of benzene rings is 1. The highest BCUT2D eigenvalue weighted by atomic mass is 16.5. The molecule has 1 aliphatic heterocycles. The third kappa shape index (κ3) is 3.63. The molecule has 0 bridgehead atoms. The predicted molar refractivity (Wildman–Crippen MR) is 81.1 cm³/mol. The highest BCUT2D eigenvalue weighted by molar-refractivity contribution is 5.49. The normalized spacial score (nSPS) is 21.1. The molecular formula is C16H26N2O. The highest BCUT2D eigenvalue weighted by Gasteiger charge is 2.28. The zero-order valence-electron chi connectivity index (χ0n) is 12.6. The van der Waals surface area contributed by atoms with Crippen molar-refractivity contribution in [1.29, 1.82) is 0 Å². The first kappa shape index (κ1) is 14.2. The van der Waals surface area contributed by atoms with Crippen molar-refractivity contribution in [3.63, 3.8) is 0 Å². The zero-order valence-corrected chi connectivity index (χ0v) is 12.6. The molecule has 3 nitrogen and oxygen atoms in total. The van der Waals surface area contributed by atoms with Gasteiger partial charge in [-0.2, -0.15) is 0 Å². The Balaban J connectivity index is 2.13. The standard InChI is InChI=1S/C16H26N2O/c1-16(2,3)15-12-18(11-5-10-17-15)13-6-8-14(19-4)9-7-13/h6-9,15,17H,5,10-12H2,1-4H3. The minimum absolute atomic E-state index is 0.287. The Morgan fingerprint density at radius 1 is 1.21 bits per heavy atom. The molecule has 1 aromatic rings. The van der Waals surface area contributed by atoms with Crippen LogP contribution in [0.4, 0.5) is 5.69 Å². The van der Waals surface area contributed by atoms with Gasteiger partial charge in [-0.15, -0.1) is 0 Å². The van der Waals surface area contributed by atoms with E-state index in [0.29, 0.717) is 6.04 Å². The third-order valence-electron chi connectivity index (χ3n) is 3.88. The van der Waals surface area contributed by atoms with Crippen LogP contribution in [0.15, 0.2) is 24.3 Å². The lowest BCUT2D eigenvalue weighted by Gasteiger charge is -2.34. The van der Waals surface area contributed by atoms with Gasteiger partial charge in [0.25, 0.3) is 0 Å². The van der Waals surface area contributed by atoms with Crippen molar-refractivity contribution in [3.05, 3.63) is 24.3 Å². The van der Waals surface area contributed by atoms with Crippen LogP contribution in [0, 0.1) is 5.41 Å². The summed E-state index contributed by atoms with van der Waals surface area (Å²) in [6.07, 6.45) is 1.19. The van der Waals surface area contributed by atoms with Gasteiger partial charge < -0.3 is 15.0 Å². The molecule has 1 atom stereocenters. The van der Waals surface area contributed by atoms with Crippen LogP contribution >= 0.6 is 0 Å². The number of methoxy groups -OCH3 is 1. The van der Waals surface area contributed by atoms with E-state index in [0.717, 1.165) is 25.4 Å². The molecule has 2 rings (SSSR count). The number of nitrogens with zero attached hydrogens (tertiary/aromatic N) is 1. The second kappa shape index (κ2) is 5.83. The van der Waals surface area contributed by atoms with Crippen molar-refractivity contribution >= 4 is 5.69 Å². The van der Waals surface area contributed by atoms with Crippen molar-refractivity contribution in [3.8, 4) is 5.75 Å². The van der Waals surface area contributed by atoms with Crippen LogP contribution < -0.4 is 15.0 Å². The first-order valence-corrected chi connectivity index (χ1v) is 7.13. The first-order valence-electron chi connectivity index (χ1n) is 7.13. The first-order chi connectivity index (χ1) is 9.00. The SMILES string of the molecule is COc1ccc(N2CCCNC(C(C)(C)C)C2)cc1. The molecule has 0 aliphatic carbocycles. The summed E-state index contributed by atoms with van der Waals surface area (Å²) in [6.45, 7) is 10.2. The summed E-state index contributed by atoms with van der Waals surface area (Å²) in [5.41, 5.74) is 1.58. The molecule has 1 unspecified atom stereocenters. The van der Waals surface area contributed by atoms with Crippen LogP contribution in [0.1, 0.15) is 27.2 Å². The smallest absolute Gasteiger partial charge is 0.119 e. The molecule has 0 aromatic heterocycles. The van der Waals surface area contributed by atoms with E-state index in [1.165, 1.54) is 12.1 Å². The minimum atomic E-state index is 0.287. The van der Waals surface area contributed by atoms with E-state index >= 15 is 0 Å². The van der Waals surface area contributed by atoms with Gasteiger partial charge >= 0.3 is 0 Å². The van der Waals surface area contributed by atoms with Gasteiger partial charge in [0, 0.05) is 24.8 Å². The van der Waals surface area contributed by atoms with Gasteiger partial charge in [-0.3, -0.25) is 0 Å². The topological polar surface area (TPSA) is 24.5 Å². The van der Waals surface area contributed by atoms with Gasteiger partial charge in [0.1, 0.15) is 5.75 Å². The van der Waals surface area contributed by atoms with Gasteiger partial charge in [-0.05, 0) is 42.6 Å². The summed E-state index contributed by atoms with van der Waals surface area (Å²) in [5, 5.41) is 3.68. The van der Waals surface area contributed by atoms with E-state index < -0.39 is 0 Å². The van der Waals surface area contributed by atoms with Crippen molar-refractivity contribution < 1.29 is 4.74 Å². The Hall–Kier alpha value is -1.22. The fourth-order valence-corrected chi connectivity index (χ4v) is 2.53. The molecule has 106 valence electrons. The number of hydrogen-bond acceptors (Lipinski definition) is 3. The molecule has 0 radical (unpaired) electrons. The van der Waals surface area contributed by atoms with Crippen LogP contribution in [0.25, 0.3) is 0 Å². The van der Waals surface area contributed by atoms with Crippen LogP contribution in [0.2, 0.25) is 0 Å². The average molecular weight is 262 g/mol. The molecule has 1 saturated heterocycles. The van der Waals surface area contributed by atoms with Gasteiger partial charge in [0.15, 0.2) is 0 Å². The number of ether oxygens (including phenoxy) is 1. The van der Waals surface area contributed by atoms with E-state index in [4.69, 9.17) is 4.74 Å². The zero-order chi connectivity index (χ0) is 13.9. The summed E-state index contributed by atoms with van der Waals surface area (Å²) < 4.78 is 5.23. The van der Waals surface area contributed by atoms with Crippen LogP contribution in [-0.4, -0.2) is 32.8 Å². The monoisotopic (exact) mass is 262 g/mol. The number of hydrogen-bond donors (Lipinski definition) is 1. The second-order valence-electron chi connectivity index (χ2n) is 6.37. The summed E-state index contributed by atoms with van der Waals surface area (Å²) in [7, 11) is 1.71. The van der Waals surface area contributed by atoms with E-state index in [9.17, 15) is 0 Å². The molecule has 0 spiro atoms. The maximum absolute atomic E-state index is 5.23. The van der Waals surface area contributed by atoms with E-state index in [-0.39, 0.29) is 5.41 Å². The van der Waals surface area contributed by atoms with Crippen LogP contribution in [-0.2, 0) is 0 Å². The minimum Gasteiger partial charge on any atom is -0.497 e. The fraction of sp³-hybridized carbons (Fsp3) is 0.625. The maximum atomic E-state index is 5.23. The van der Waals surface area contributed by atoms with Crippen molar-refractivity contribution in [2.75, 3.05) is 31.6 Å². The largest absolute Gasteiger partial charge is 0.497 e. The third-order valence-corrected chi connectivity index (χ3v) is 3.88. The van der Waals surface area contributed by atoms with Crippen molar-refractivity contribution in [1.82, 2.24) is 5.32 Å². The summed E-state index contributed by atoms with van der Waals surface area (Å²) >= 11 is 0. The molecular weight excluding hydrogens is 236 g/mol. The molecule has 0 saturated carbocycles. The summed E-state index contributed by atoms with van der Waals surface area (Å²) in [4.78, 5) is 2.48. The summed E-state index contributed by atoms with van der Waals surface area (Å²) in [5.74, 6) is 0.920. The Bertz CT molecular complexity index is 394. The van der Waals surface area contributed by atoms with Gasteiger partial charge in [-0.25, -0.2) is 0 Å². The Morgan fingerprint density at radius 2 is 1.89 bits per heavy atom. The molecule has 0 amide bonds. The lowest BCUT2D eigenvalue weighted by molar-refractivity contribution is 0.280. The molecule has 1 fully saturated rings. The lowest BCUT2D eigenvalue weighted by atomic mass is 9.86. The lowest BCUT2D eigenvalue weighted by Crippen LogP contribution is -2.46. The molecule has 1 aromatic carbocycles. The average Bonchev–Trinajstić information content (AvgIpc) is 2.64. The van der Waals surface area contributed by atoms with Crippen LogP contribution in [0.3, 0.4) is 0 Å². The van der Waals surface area contributed by atoms with Gasteiger partial charge in [-0.1, -0.05) is 20.8 Å². The Labute approximate surface area is 116 Å². The van der Waals surface area contributed by atoms with E-state index in [2.05, 4.69) is 43.1 Å². The van der Waals surface area contributed by atoms with E-state index in [1.54, 1.807) is 7.11 Å². The second-order valence-corrected chi connectivity index (χ2v) is 6.37. The molecule has 19 heavy (non-hydrogen) atoms. The summed E-state index contributed by atoms with van der Waals surface area (Å²) in [6, 6.07) is 8.92. The molecule has 3 heteroatoms. The van der Waals surface area contributed by atoms with Gasteiger partial charge in [0.05, 0.1) is 7.11 Å². The van der Waals surface area contributed by atoms with Crippen LogP contribution in [0.5, 0.6) is 5.75 Å². The molecule has 1 heterocycles. The number of rotatable bonds is 2. The predicted octanol–water partition coefficient (Wildman–Crippen LogP) is 2.91. The quantitative estimate of drug-likeness (QED) is 0.887. The molecule has 1 N–H and O–H groups in total. The number of anilines is 1. The maximum Gasteiger partial charge on any atom is 0.119 e. The molecule has 1 aliphatic rings. The number of nitrogens with one attached hydrogen (secondary N) is 1. The Morgan fingerprint density at radius 3 is 2.47 bits per heavy atom. The van der Waals surface area contributed by atoms with Crippen molar-refractivity contribution in [2.24, 2.45) is 5.41 Å². The Kier molecular flexibility index (Phi) is 4.35. The van der Waals surface area contributed by atoms with Gasteiger partial charge in [0.2, 0.25) is 0 Å². The van der Waals surface area contributed by atoms with Crippen molar-refractivity contribution in [2.45, 2.75) is 33.2 Å². The van der Waals surface area contributed by atoms with E-state index in [1.807, 2.05) is 12.1 Å².